The molecule has 0 atom stereocenters. The number of benzene rings is 1. The summed E-state index contributed by atoms with van der Waals surface area (Å²) in [6.45, 7) is 5.54. The molecule has 0 aliphatic rings. The number of rotatable bonds is 4. The van der Waals surface area contributed by atoms with Crippen molar-refractivity contribution in [2.24, 2.45) is 0 Å². The molecule has 2 heteroatoms. The topological polar surface area (TPSA) is 26.3 Å². The highest BCUT2D eigenvalue weighted by Crippen LogP contribution is 2.13. The predicted octanol–water partition coefficient (Wildman–Crippen LogP) is 2.45. The molecule has 0 aromatic heterocycles. The molecule has 0 bridgehead atoms. The first-order valence-electron chi connectivity index (χ1n) is 4.08. The second-order valence-electron chi connectivity index (χ2n) is 2.68. The van der Waals surface area contributed by atoms with Crippen molar-refractivity contribution < 1.29 is 9.53 Å². The molecule has 0 aliphatic carbocycles. The molecule has 0 saturated heterocycles. The molecule has 0 saturated carbocycles. The van der Waals surface area contributed by atoms with Gasteiger partial charge in [0.1, 0.15) is 12.4 Å². The van der Waals surface area contributed by atoms with E-state index in [9.17, 15) is 4.79 Å². The second-order valence-corrected chi connectivity index (χ2v) is 2.68. The average molecular weight is 176 g/mol. The maximum atomic E-state index is 11.0. The summed E-state index contributed by atoms with van der Waals surface area (Å²) in [5, 5.41) is 0. The standard InChI is InChI=1S/C11H12O2/c1-3-7-13-11-6-4-5-10(8-11)9(2)12/h3-6,8H,1,7H2,2H3. The Morgan fingerprint density at radius 2 is 2.38 bits per heavy atom. The van der Waals surface area contributed by atoms with Gasteiger partial charge >= 0.3 is 0 Å². The van der Waals surface area contributed by atoms with E-state index in [-0.39, 0.29) is 5.78 Å². The van der Waals surface area contributed by atoms with Gasteiger partial charge < -0.3 is 4.74 Å². The molecule has 0 fully saturated rings. The van der Waals surface area contributed by atoms with Crippen LogP contribution in [0, 0.1) is 0 Å². The van der Waals surface area contributed by atoms with Crippen molar-refractivity contribution in [2.75, 3.05) is 6.61 Å². The van der Waals surface area contributed by atoms with Crippen LogP contribution in [0.25, 0.3) is 0 Å². The summed E-state index contributed by atoms with van der Waals surface area (Å²) in [7, 11) is 0. The van der Waals surface area contributed by atoms with Gasteiger partial charge in [-0.15, -0.1) is 0 Å². The van der Waals surface area contributed by atoms with Crippen LogP contribution in [0.2, 0.25) is 0 Å². The van der Waals surface area contributed by atoms with Crippen molar-refractivity contribution in [1.29, 1.82) is 0 Å². The largest absolute Gasteiger partial charge is 0.490 e. The average Bonchev–Trinajstić information content (AvgIpc) is 2.15. The lowest BCUT2D eigenvalue weighted by molar-refractivity contribution is 0.101. The minimum atomic E-state index is 0.0454. The number of ether oxygens (including phenoxy) is 1. The third-order valence-corrected chi connectivity index (χ3v) is 1.61. The summed E-state index contributed by atoms with van der Waals surface area (Å²) in [6, 6.07) is 7.11. The molecular formula is C11H12O2. The highest BCUT2D eigenvalue weighted by Gasteiger charge is 1.99. The summed E-state index contributed by atoms with van der Waals surface area (Å²) >= 11 is 0. The highest BCUT2D eigenvalue weighted by atomic mass is 16.5. The molecule has 0 aliphatic heterocycles. The first-order chi connectivity index (χ1) is 6.24. The zero-order chi connectivity index (χ0) is 9.68. The Morgan fingerprint density at radius 3 is 3.00 bits per heavy atom. The molecule has 0 heterocycles. The Bertz CT molecular complexity index is 316. The number of carbonyl (C=O) groups is 1. The van der Waals surface area contributed by atoms with E-state index in [1.807, 2.05) is 6.07 Å². The van der Waals surface area contributed by atoms with E-state index in [4.69, 9.17) is 4.74 Å². The van der Waals surface area contributed by atoms with Crippen molar-refractivity contribution >= 4 is 5.78 Å². The quantitative estimate of drug-likeness (QED) is 0.520. The van der Waals surface area contributed by atoms with Crippen LogP contribution in [0.4, 0.5) is 0 Å². The molecule has 1 rings (SSSR count). The van der Waals surface area contributed by atoms with Crippen LogP contribution in [-0.4, -0.2) is 12.4 Å². The SMILES string of the molecule is C=CCOc1cccc(C(C)=O)c1. The Hall–Kier alpha value is -1.57. The van der Waals surface area contributed by atoms with E-state index >= 15 is 0 Å². The summed E-state index contributed by atoms with van der Waals surface area (Å²) in [6.07, 6.45) is 1.67. The van der Waals surface area contributed by atoms with Crippen molar-refractivity contribution in [1.82, 2.24) is 0 Å². The molecular weight excluding hydrogens is 164 g/mol. The molecule has 0 amide bonds. The lowest BCUT2D eigenvalue weighted by Gasteiger charge is -2.03. The van der Waals surface area contributed by atoms with Gasteiger partial charge in [0.2, 0.25) is 0 Å². The molecule has 0 unspecified atom stereocenters. The van der Waals surface area contributed by atoms with Crippen molar-refractivity contribution in [3.8, 4) is 5.75 Å². The van der Waals surface area contributed by atoms with Crippen LogP contribution in [0.3, 0.4) is 0 Å². The van der Waals surface area contributed by atoms with Crippen LogP contribution in [0.5, 0.6) is 5.75 Å². The van der Waals surface area contributed by atoms with Gasteiger partial charge in [0.15, 0.2) is 5.78 Å². The van der Waals surface area contributed by atoms with E-state index in [1.54, 1.807) is 24.3 Å². The zero-order valence-electron chi connectivity index (χ0n) is 7.62. The normalized spacial score (nSPS) is 9.31. The predicted molar refractivity (Wildman–Crippen MR) is 52.1 cm³/mol. The van der Waals surface area contributed by atoms with E-state index in [0.29, 0.717) is 17.9 Å². The number of hydrogen-bond acceptors (Lipinski definition) is 2. The molecule has 2 nitrogen and oxygen atoms in total. The summed E-state index contributed by atoms with van der Waals surface area (Å²) in [5.74, 6) is 0.747. The Morgan fingerprint density at radius 1 is 1.62 bits per heavy atom. The van der Waals surface area contributed by atoms with Gasteiger partial charge in [-0.3, -0.25) is 4.79 Å². The molecule has 13 heavy (non-hydrogen) atoms. The first-order valence-corrected chi connectivity index (χ1v) is 4.08. The third-order valence-electron chi connectivity index (χ3n) is 1.61. The van der Waals surface area contributed by atoms with E-state index in [1.165, 1.54) is 6.92 Å². The molecule has 0 N–H and O–H groups in total. The molecule has 68 valence electrons. The van der Waals surface area contributed by atoms with Gasteiger partial charge in [0.05, 0.1) is 0 Å². The van der Waals surface area contributed by atoms with Crippen LogP contribution in [0.15, 0.2) is 36.9 Å². The number of ketones is 1. The Kier molecular flexibility index (Phi) is 3.26. The smallest absolute Gasteiger partial charge is 0.159 e. The zero-order valence-corrected chi connectivity index (χ0v) is 7.62. The summed E-state index contributed by atoms with van der Waals surface area (Å²) in [5.41, 5.74) is 0.668. The minimum Gasteiger partial charge on any atom is -0.490 e. The van der Waals surface area contributed by atoms with Crippen LogP contribution in [-0.2, 0) is 0 Å². The van der Waals surface area contributed by atoms with E-state index < -0.39 is 0 Å². The Labute approximate surface area is 77.8 Å². The van der Waals surface area contributed by atoms with Crippen molar-refractivity contribution in [3.63, 3.8) is 0 Å². The summed E-state index contributed by atoms with van der Waals surface area (Å²) < 4.78 is 5.28. The fourth-order valence-corrected chi connectivity index (χ4v) is 0.960. The minimum absolute atomic E-state index is 0.0454. The maximum Gasteiger partial charge on any atom is 0.159 e. The fraction of sp³-hybridized carbons (Fsp3) is 0.182. The van der Waals surface area contributed by atoms with E-state index in [2.05, 4.69) is 6.58 Å². The molecule has 1 aromatic rings. The number of hydrogen-bond donors (Lipinski definition) is 0. The lowest BCUT2D eigenvalue weighted by atomic mass is 10.1. The monoisotopic (exact) mass is 176 g/mol. The van der Waals surface area contributed by atoms with Gasteiger partial charge in [-0.05, 0) is 19.1 Å². The summed E-state index contributed by atoms with van der Waals surface area (Å²) in [4.78, 5) is 11.0. The van der Waals surface area contributed by atoms with Crippen LogP contribution in [0.1, 0.15) is 17.3 Å². The van der Waals surface area contributed by atoms with Gasteiger partial charge in [-0.25, -0.2) is 0 Å². The van der Waals surface area contributed by atoms with Gasteiger partial charge in [-0.2, -0.15) is 0 Å². The highest BCUT2D eigenvalue weighted by molar-refractivity contribution is 5.94. The number of carbonyl (C=O) groups excluding carboxylic acids is 1. The van der Waals surface area contributed by atoms with Gasteiger partial charge in [-0.1, -0.05) is 24.8 Å². The molecule has 0 radical (unpaired) electrons. The number of Topliss-reactive ketones (excluding diaryl/α,β-unsaturated/α-hetero) is 1. The second kappa shape index (κ2) is 4.45. The molecule has 1 aromatic carbocycles. The van der Waals surface area contributed by atoms with Crippen LogP contribution < -0.4 is 4.74 Å². The van der Waals surface area contributed by atoms with E-state index in [0.717, 1.165) is 0 Å². The maximum absolute atomic E-state index is 11.0. The Balaban J connectivity index is 2.79. The molecule has 0 spiro atoms. The van der Waals surface area contributed by atoms with Crippen molar-refractivity contribution in [2.45, 2.75) is 6.92 Å². The fourth-order valence-electron chi connectivity index (χ4n) is 0.960. The lowest BCUT2D eigenvalue weighted by Crippen LogP contribution is -1.96. The van der Waals surface area contributed by atoms with Gasteiger partial charge in [0.25, 0.3) is 0 Å². The third kappa shape index (κ3) is 2.75. The van der Waals surface area contributed by atoms with Crippen molar-refractivity contribution in [3.05, 3.63) is 42.5 Å². The first kappa shape index (κ1) is 9.52. The van der Waals surface area contributed by atoms with Gasteiger partial charge in [0, 0.05) is 5.56 Å². The van der Waals surface area contributed by atoms with Crippen LogP contribution >= 0.6 is 0 Å².